The fourth-order valence-corrected chi connectivity index (χ4v) is 5.08. The van der Waals surface area contributed by atoms with Crippen molar-refractivity contribution in [2.45, 2.75) is 43.6 Å². The van der Waals surface area contributed by atoms with Gasteiger partial charge in [0.15, 0.2) is 11.5 Å². The van der Waals surface area contributed by atoms with Crippen molar-refractivity contribution in [2.75, 3.05) is 11.5 Å². The van der Waals surface area contributed by atoms with Gasteiger partial charge in [-0.25, -0.2) is 14.5 Å². The standard InChI is InChI=1S/C19H23N5O2S/c1-12-2-7-15(27(26)10-13-3-5-14(25)6-4-13)8-16(12)17-9-21-19-18(20)22-11-23-24(17)19/h2,7-9,11,13-14,25H,3-6,10H2,1H3,(H2,20,22,23). The van der Waals surface area contributed by atoms with E-state index in [1.165, 1.54) is 6.33 Å². The average Bonchev–Trinajstić information content (AvgIpc) is 3.09. The van der Waals surface area contributed by atoms with Crippen LogP contribution in [0, 0.1) is 12.8 Å². The van der Waals surface area contributed by atoms with Crippen LogP contribution in [0.1, 0.15) is 31.2 Å². The first kappa shape index (κ1) is 18.1. The second-order valence-corrected chi connectivity index (χ2v) is 8.68. The van der Waals surface area contributed by atoms with Gasteiger partial charge in [0.25, 0.3) is 0 Å². The van der Waals surface area contributed by atoms with Crippen LogP contribution in [0.2, 0.25) is 0 Å². The summed E-state index contributed by atoms with van der Waals surface area (Å²) >= 11 is 0. The van der Waals surface area contributed by atoms with E-state index in [0.29, 0.717) is 23.1 Å². The van der Waals surface area contributed by atoms with Crippen LogP contribution in [0.5, 0.6) is 0 Å². The Kier molecular flexibility index (Phi) is 4.92. The fourth-order valence-electron chi connectivity index (χ4n) is 3.66. The zero-order valence-electron chi connectivity index (χ0n) is 15.2. The summed E-state index contributed by atoms with van der Waals surface area (Å²) in [5.74, 6) is 1.37. The van der Waals surface area contributed by atoms with Gasteiger partial charge in [-0.15, -0.1) is 0 Å². The maximum absolute atomic E-state index is 12.9. The molecule has 4 rings (SSSR count). The average molecular weight is 385 g/mol. The van der Waals surface area contributed by atoms with Crippen LogP contribution in [0.25, 0.3) is 16.9 Å². The van der Waals surface area contributed by atoms with Crippen molar-refractivity contribution in [2.24, 2.45) is 5.92 Å². The minimum absolute atomic E-state index is 0.190. The van der Waals surface area contributed by atoms with E-state index in [4.69, 9.17) is 5.73 Å². The molecule has 27 heavy (non-hydrogen) atoms. The third kappa shape index (κ3) is 3.59. The number of anilines is 1. The number of hydrogen-bond acceptors (Lipinski definition) is 6. The normalized spacial score (nSPS) is 21.4. The van der Waals surface area contributed by atoms with E-state index in [9.17, 15) is 9.32 Å². The highest BCUT2D eigenvalue weighted by atomic mass is 32.2. The van der Waals surface area contributed by atoms with Crippen LogP contribution in [0.15, 0.2) is 35.6 Å². The molecule has 8 heteroatoms. The Morgan fingerprint density at radius 2 is 2.04 bits per heavy atom. The summed E-state index contributed by atoms with van der Waals surface area (Å²) in [6, 6.07) is 5.88. The van der Waals surface area contributed by atoms with Crippen LogP contribution in [-0.4, -0.2) is 40.8 Å². The molecule has 3 aromatic rings. The molecule has 1 saturated carbocycles. The Morgan fingerprint density at radius 3 is 2.81 bits per heavy atom. The lowest BCUT2D eigenvalue weighted by molar-refractivity contribution is 0.113. The first-order valence-electron chi connectivity index (χ1n) is 9.14. The van der Waals surface area contributed by atoms with Gasteiger partial charge in [-0.05, 0) is 56.2 Å². The van der Waals surface area contributed by atoms with Gasteiger partial charge in [0.2, 0.25) is 0 Å². The number of rotatable bonds is 4. The van der Waals surface area contributed by atoms with Gasteiger partial charge in [0.1, 0.15) is 6.33 Å². The zero-order chi connectivity index (χ0) is 19.0. The first-order chi connectivity index (χ1) is 13.0. The molecule has 0 aliphatic heterocycles. The third-order valence-corrected chi connectivity index (χ3v) is 6.84. The van der Waals surface area contributed by atoms with Crippen LogP contribution >= 0.6 is 0 Å². The molecule has 142 valence electrons. The molecule has 0 bridgehead atoms. The number of hydrogen-bond donors (Lipinski definition) is 2. The van der Waals surface area contributed by atoms with Gasteiger partial charge < -0.3 is 10.8 Å². The van der Waals surface area contributed by atoms with Gasteiger partial charge in [0.05, 0.1) is 28.8 Å². The minimum Gasteiger partial charge on any atom is -0.393 e. The SMILES string of the molecule is Cc1ccc(S(=O)CC2CCC(O)CC2)cc1-c1cnc2c(N)ncnn12. The van der Waals surface area contributed by atoms with Crippen molar-refractivity contribution in [3.05, 3.63) is 36.3 Å². The molecule has 2 heterocycles. The maximum atomic E-state index is 12.9. The molecule has 0 spiro atoms. The van der Waals surface area contributed by atoms with Crippen molar-refractivity contribution in [1.82, 2.24) is 19.6 Å². The molecule has 0 radical (unpaired) electrons. The lowest BCUT2D eigenvalue weighted by atomic mass is 9.89. The highest BCUT2D eigenvalue weighted by Gasteiger charge is 2.22. The van der Waals surface area contributed by atoms with E-state index in [1.807, 2.05) is 25.1 Å². The van der Waals surface area contributed by atoms with Gasteiger partial charge in [-0.2, -0.15) is 5.10 Å². The van der Waals surface area contributed by atoms with Crippen molar-refractivity contribution < 1.29 is 9.32 Å². The van der Waals surface area contributed by atoms with E-state index in [2.05, 4.69) is 15.1 Å². The van der Waals surface area contributed by atoms with E-state index in [-0.39, 0.29) is 6.10 Å². The fraction of sp³-hybridized carbons (Fsp3) is 0.421. The Morgan fingerprint density at radius 1 is 1.26 bits per heavy atom. The molecule has 1 aliphatic carbocycles. The number of nitrogens with two attached hydrogens (primary N) is 1. The highest BCUT2D eigenvalue weighted by Crippen LogP contribution is 2.29. The lowest BCUT2D eigenvalue weighted by Crippen LogP contribution is -2.22. The first-order valence-corrected chi connectivity index (χ1v) is 10.5. The number of aryl methyl sites for hydroxylation is 1. The molecular weight excluding hydrogens is 362 g/mol. The third-order valence-electron chi connectivity index (χ3n) is 5.28. The summed E-state index contributed by atoms with van der Waals surface area (Å²) in [6.45, 7) is 2.01. The number of benzene rings is 1. The monoisotopic (exact) mass is 385 g/mol. The van der Waals surface area contributed by atoms with Gasteiger partial charge >= 0.3 is 0 Å². The summed E-state index contributed by atoms with van der Waals surface area (Å²) in [5, 5.41) is 13.9. The predicted molar refractivity (Wildman–Crippen MR) is 105 cm³/mol. The van der Waals surface area contributed by atoms with Crippen LogP contribution in [-0.2, 0) is 10.8 Å². The number of aliphatic hydroxyl groups excluding tert-OH is 1. The van der Waals surface area contributed by atoms with Crippen LogP contribution < -0.4 is 5.73 Å². The second kappa shape index (κ2) is 7.36. The molecule has 0 amide bonds. The van der Waals surface area contributed by atoms with Crippen molar-refractivity contribution >= 4 is 22.3 Å². The van der Waals surface area contributed by atoms with Crippen molar-refractivity contribution in [3.63, 3.8) is 0 Å². The van der Waals surface area contributed by atoms with Gasteiger partial charge in [-0.1, -0.05) is 6.07 Å². The largest absolute Gasteiger partial charge is 0.393 e. The zero-order valence-corrected chi connectivity index (χ0v) is 16.0. The molecular formula is C19H23N5O2S. The van der Waals surface area contributed by atoms with Crippen molar-refractivity contribution in [1.29, 1.82) is 0 Å². The summed E-state index contributed by atoms with van der Waals surface area (Å²) in [4.78, 5) is 9.10. The van der Waals surface area contributed by atoms with Crippen molar-refractivity contribution in [3.8, 4) is 11.3 Å². The molecule has 1 aromatic carbocycles. The number of nitrogens with zero attached hydrogens (tertiary/aromatic N) is 4. The van der Waals surface area contributed by atoms with Gasteiger partial charge in [0, 0.05) is 16.2 Å². The van der Waals surface area contributed by atoms with Gasteiger partial charge in [-0.3, -0.25) is 4.21 Å². The Bertz CT molecular complexity index is 995. The van der Waals surface area contributed by atoms with Crippen LogP contribution in [0.4, 0.5) is 5.82 Å². The molecule has 1 fully saturated rings. The second-order valence-electron chi connectivity index (χ2n) is 7.19. The number of nitrogen functional groups attached to an aromatic ring is 1. The minimum atomic E-state index is -1.08. The Labute approximate surface area is 160 Å². The van der Waals surface area contributed by atoms with E-state index >= 15 is 0 Å². The molecule has 2 aromatic heterocycles. The molecule has 1 aliphatic rings. The number of aliphatic hydroxyl groups is 1. The van der Waals surface area contributed by atoms with E-state index in [1.54, 1.807) is 10.7 Å². The summed E-state index contributed by atoms with van der Waals surface area (Å²) in [7, 11) is -1.08. The van der Waals surface area contributed by atoms with E-state index in [0.717, 1.165) is 47.4 Å². The molecule has 0 saturated heterocycles. The summed E-state index contributed by atoms with van der Waals surface area (Å²) in [5.41, 5.74) is 9.18. The quantitative estimate of drug-likeness (QED) is 0.714. The summed E-state index contributed by atoms with van der Waals surface area (Å²) in [6.07, 6.45) is 6.43. The number of fused-ring (bicyclic) bond motifs is 1. The Balaban J connectivity index is 1.63. The highest BCUT2D eigenvalue weighted by molar-refractivity contribution is 7.85. The Hall–Kier alpha value is -2.32. The predicted octanol–water partition coefficient (Wildman–Crippen LogP) is 2.34. The summed E-state index contributed by atoms with van der Waals surface area (Å²) < 4.78 is 14.6. The molecule has 7 nitrogen and oxygen atoms in total. The lowest BCUT2D eigenvalue weighted by Gasteiger charge is -2.24. The molecule has 1 unspecified atom stereocenters. The van der Waals surface area contributed by atoms with Crippen LogP contribution in [0.3, 0.4) is 0 Å². The topological polar surface area (TPSA) is 106 Å². The molecule has 3 N–H and O–H groups in total. The molecule has 1 atom stereocenters. The number of aromatic nitrogens is 4. The van der Waals surface area contributed by atoms with E-state index < -0.39 is 10.8 Å². The number of imidazole rings is 1. The maximum Gasteiger partial charge on any atom is 0.197 e. The smallest absolute Gasteiger partial charge is 0.197 e.